The Bertz CT molecular complexity index is 641. The van der Waals surface area contributed by atoms with Gasteiger partial charge in [0.25, 0.3) is 5.69 Å². The highest BCUT2D eigenvalue weighted by molar-refractivity contribution is 6.30. The molecule has 0 atom stereocenters. The molecule has 0 aliphatic rings. The van der Waals surface area contributed by atoms with E-state index in [1.54, 1.807) is 24.3 Å². The molecule has 1 N–H and O–H groups in total. The molecule has 102 valence electrons. The minimum atomic E-state index is -0.502. The fourth-order valence-electron chi connectivity index (χ4n) is 1.65. The molecular formula is C14H11ClN2O3. The standard InChI is InChI=1S/C14H11ClN2O3/c15-11-2-1-3-12(8-11)16-9-14(18)10-4-6-13(7-5-10)17(19)20/h1-8,16H,9H2. The number of nitro benzene ring substituents is 1. The second kappa shape index (κ2) is 6.16. The molecule has 0 amide bonds. The number of carbonyl (C=O) groups excluding carboxylic acids is 1. The number of non-ortho nitro benzene ring substituents is 1. The second-order valence-electron chi connectivity index (χ2n) is 4.09. The van der Waals surface area contributed by atoms with Crippen LogP contribution >= 0.6 is 11.6 Å². The van der Waals surface area contributed by atoms with Crippen LogP contribution in [0, 0.1) is 10.1 Å². The van der Waals surface area contributed by atoms with Crippen molar-refractivity contribution < 1.29 is 9.72 Å². The van der Waals surface area contributed by atoms with Gasteiger partial charge >= 0.3 is 0 Å². The first-order valence-corrected chi connectivity index (χ1v) is 6.21. The van der Waals surface area contributed by atoms with Gasteiger partial charge in [0.1, 0.15) is 0 Å². The highest BCUT2D eigenvalue weighted by atomic mass is 35.5. The van der Waals surface area contributed by atoms with Crippen LogP contribution in [0.15, 0.2) is 48.5 Å². The van der Waals surface area contributed by atoms with Crippen molar-refractivity contribution in [2.45, 2.75) is 0 Å². The van der Waals surface area contributed by atoms with E-state index in [-0.39, 0.29) is 18.0 Å². The zero-order chi connectivity index (χ0) is 14.5. The molecule has 0 aliphatic heterocycles. The number of nitrogens with one attached hydrogen (secondary N) is 1. The van der Waals surface area contributed by atoms with E-state index in [0.29, 0.717) is 10.6 Å². The van der Waals surface area contributed by atoms with Crippen molar-refractivity contribution in [3.8, 4) is 0 Å². The lowest BCUT2D eigenvalue weighted by atomic mass is 10.1. The number of carbonyl (C=O) groups is 1. The van der Waals surface area contributed by atoms with E-state index in [9.17, 15) is 14.9 Å². The van der Waals surface area contributed by atoms with Gasteiger partial charge in [0.05, 0.1) is 11.5 Å². The van der Waals surface area contributed by atoms with Crippen molar-refractivity contribution in [2.75, 3.05) is 11.9 Å². The molecule has 0 aliphatic carbocycles. The fourth-order valence-corrected chi connectivity index (χ4v) is 1.84. The van der Waals surface area contributed by atoms with Crippen LogP contribution < -0.4 is 5.32 Å². The first-order chi connectivity index (χ1) is 9.56. The van der Waals surface area contributed by atoms with E-state index in [4.69, 9.17) is 11.6 Å². The number of rotatable bonds is 5. The smallest absolute Gasteiger partial charge is 0.269 e. The molecule has 6 heteroatoms. The SMILES string of the molecule is O=C(CNc1cccc(Cl)c1)c1ccc([N+](=O)[O-])cc1. The van der Waals surface area contributed by atoms with Gasteiger partial charge in [-0.25, -0.2) is 0 Å². The Labute approximate surface area is 120 Å². The van der Waals surface area contributed by atoms with Crippen molar-refractivity contribution in [2.24, 2.45) is 0 Å². The van der Waals surface area contributed by atoms with Gasteiger partial charge in [-0.3, -0.25) is 14.9 Å². The first-order valence-electron chi connectivity index (χ1n) is 5.83. The maximum atomic E-state index is 11.9. The maximum Gasteiger partial charge on any atom is 0.269 e. The quantitative estimate of drug-likeness (QED) is 0.519. The van der Waals surface area contributed by atoms with Gasteiger partial charge in [0.2, 0.25) is 0 Å². The van der Waals surface area contributed by atoms with Crippen LogP contribution in [0.4, 0.5) is 11.4 Å². The van der Waals surface area contributed by atoms with E-state index < -0.39 is 4.92 Å². The Morgan fingerprint density at radius 2 is 1.90 bits per heavy atom. The van der Waals surface area contributed by atoms with Crippen LogP contribution in [0.3, 0.4) is 0 Å². The van der Waals surface area contributed by atoms with Crippen molar-refractivity contribution in [3.63, 3.8) is 0 Å². The predicted molar refractivity (Wildman–Crippen MR) is 77.4 cm³/mol. The molecule has 0 fully saturated rings. The normalized spacial score (nSPS) is 10.1. The number of Topliss-reactive ketones (excluding diaryl/α,β-unsaturated/α-hetero) is 1. The van der Waals surface area contributed by atoms with Crippen molar-refractivity contribution >= 4 is 28.8 Å². The van der Waals surface area contributed by atoms with Gasteiger partial charge in [-0.2, -0.15) is 0 Å². The van der Waals surface area contributed by atoms with Crippen LogP contribution in [-0.2, 0) is 0 Å². The minimum Gasteiger partial charge on any atom is -0.378 e. The van der Waals surface area contributed by atoms with Gasteiger partial charge < -0.3 is 5.32 Å². The molecule has 0 aromatic heterocycles. The fraction of sp³-hybridized carbons (Fsp3) is 0.0714. The molecule has 0 bridgehead atoms. The van der Waals surface area contributed by atoms with Gasteiger partial charge in [-0.15, -0.1) is 0 Å². The molecule has 5 nitrogen and oxygen atoms in total. The first kappa shape index (κ1) is 14.0. The summed E-state index contributed by atoms with van der Waals surface area (Å²) in [6, 6.07) is 12.5. The van der Waals surface area contributed by atoms with E-state index in [1.165, 1.54) is 24.3 Å². The molecule has 0 unspecified atom stereocenters. The zero-order valence-electron chi connectivity index (χ0n) is 10.4. The van der Waals surface area contributed by atoms with E-state index >= 15 is 0 Å². The van der Waals surface area contributed by atoms with Crippen molar-refractivity contribution in [1.82, 2.24) is 0 Å². The Morgan fingerprint density at radius 3 is 2.50 bits per heavy atom. The topological polar surface area (TPSA) is 72.2 Å². The number of benzene rings is 2. The Balaban J connectivity index is 1.99. The number of ketones is 1. The number of nitrogens with zero attached hydrogens (tertiary/aromatic N) is 1. The molecule has 0 saturated heterocycles. The van der Waals surface area contributed by atoms with Crippen molar-refractivity contribution in [1.29, 1.82) is 0 Å². The third-order valence-corrected chi connectivity index (χ3v) is 2.91. The average Bonchev–Trinajstić information content (AvgIpc) is 2.45. The van der Waals surface area contributed by atoms with Crippen LogP contribution in [0.5, 0.6) is 0 Å². The molecule has 20 heavy (non-hydrogen) atoms. The summed E-state index contributed by atoms with van der Waals surface area (Å²) in [5.41, 5.74) is 1.13. The summed E-state index contributed by atoms with van der Waals surface area (Å²) in [5, 5.41) is 14.1. The lowest BCUT2D eigenvalue weighted by Gasteiger charge is -2.06. The third kappa shape index (κ3) is 3.55. The molecule has 2 rings (SSSR count). The van der Waals surface area contributed by atoms with Crippen molar-refractivity contribution in [3.05, 3.63) is 69.2 Å². The molecule has 0 heterocycles. The zero-order valence-corrected chi connectivity index (χ0v) is 11.1. The number of hydrogen-bond acceptors (Lipinski definition) is 4. The summed E-state index contributed by atoms with van der Waals surface area (Å²) in [6.07, 6.45) is 0. The molecule has 2 aromatic rings. The Kier molecular flexibility index (Phi) is 4.32. The van der Waals surface area contributed by atoms with E-state index in [0.717, 1.165) is 5.69 Å². The largest absolute Gasteiger partial charge is 0.378 e. The summed E-state index contributed by atoms with van der Waals surface area (Å²) < 4.78 is 0. The summed E-state index contributed by atoms with van der Waals surface area (Å²) in [7, 11) is 0. The molecular weight excluding hydrogens is 280 g/mol. The second-order valence-corrected chi connectivity index (χ2v) is 4.53. The third-order valence-electron chi connectivity index (χ3n) is 2.68. The number of anilines is 1. The van der Waals surface area contributed by atoms with Gasteiger partial charge in [-0.1, -0.05) is 17.7 Å². The van der Waals surface area contributed by atoms with Crippen LogP contribution in [-0.4, -0.2) is 17.3 Å². The molecule has 0 saturated carbocycles. The van der Waals surface area contributed by atoms with E-state index in [1.807, 2.05) is 0 Å². The Hall–Kier alpha value is -2.40. The van der Waals surface area contributed by atoms with Crippen LogP contribution in [0.1, 0.15) is 10.4 Å². The summed E-state index contributed by atoms with van der Waals surface area (Å²) in [4.78, 5) is 21.9. The Morgan fingerprint density at radius 1 is 1.20 bits per heavy atom. The van der Waals surface area contributed by atoms with Gasteiger partial charge in [-0.05, 0) is 30.3 Å². The monoisotopic (exact) mass is 290 g/mol. The summed E-state index contributed by atoms with van der Waals surface area (Å²) in [5.74, 6) is -0.153. The van der Waals surface area contributed by atoms with Gasteiger partial charge in [0, 0.05) is 28.4 Å². The van der Waals surface area contributed by atoms with Gasteiger partial charge in [0.15, 0.2) is 5.78 Å². The maximum absolute atomic E-state index is 11.9. The summed E-state index contributed by atoms with van der Waals surface area (Å²) >= 11 is 5.84. The van der Waals surface area contributed by atoms with Crippen LogP contribution in [0.25, 0.3) is 0 Å². The number of nitro groups is 1. The van der Waals surface area contributed by atoms with E-state index in [2.05, 4.69) is 5.32 Å². The lowest BCUT2D eigenvalue weighted by Crippen LogP contribution is -2.13. The average molecular weight is 291 g/mol. The summed E-state index contributed by atoms with van der Waals surface area (Å²) in [6.45, 7) is 0.0954. The molecule has 0 spiro atoms. The highest BCUT2D eigenvalue weighted by Crippen LogP contribution is 2.16. The molecule has 0 radical (unpaired) electrons. The number of hydrogen-bond donors (Lipinski definition) is 1. The highest BCUT2D eigenvalue weighted by Gasteiger charge is 2.09. The van der Waals surface area contributed by atoms with Crippen LogP contribution in [0.2, 0.25) is 5.02 Å². The molecule has 2 aromatic carbocycles. The lowest BCUT2D eigenvalue weighted by molar-refractivity contribution is -0.384. The number of halogens is 1. The predicted octanol–water partition coefficient (Wildman–Crippen LogP) is 3.54. The minimum absolute atomic E-state index is 0.0376.